The number of amides is 1. The third kappa shape index (κ3) is 5.16. The van der Waals surface area contributed by atoms with Gasteiger partial charge in [-0.05, 0) is 25.3 Å². The lowest BCUT2D eigenvalue weighted by Gasteiger charge is -2.27. The first-order valence-corrected chi connectivity index (χ1v) is 8.08. The Morgan fingerprint density at radius 2 is 1.96 bits per heavy atom. The Kier molecular flexibility index (Phi) is 6.72. The van der Waals surface area contributed by atoms with Crippen molar-refractivity contribution in [1.82, 2.24) is 15.5 Å². The molecule has 0 bridgehead atoms. The number of nitrogens with zero attached hydrogens (tertiary/aromatic N) is 2. The molecule has 1 aliphatic rings. The molecule has 2 N–H and O–H groups in total. The van der Waals surface area contributed by atoms with E-state index < -0.39 is 0 Å². The Morgan fingerprint density at radius 3 is 2.65 bits per heavy atom. The predicted molar refractivity (Wildman–Crippen MR) is 91.6 cm³/mol. The number of nitrogens with one attached hydrogen (secondary N) is 2. The number of carbonyl (C=O) groups excluding carboxylic acids is 1. The second-order valence-electron chi connectivity index (χ2n) is 5.53. The summed E-state index contributed by atoms with van der Waals surface area (Å²) in [5.74, 6) is 1.58. The van der Waals surface area contributed by atoms with Crippen LogP contribution in [-0.2, 0) is 11.3 Å². The Balaban J connectivity index is 1.80. The van der Waals surface area contributed by atoms with Crippen LogP contribution in [0.1, 0.15) is 24.8 Å². The van der Waals surface area contributed by atoms with Crippen molar-refractivity contribution in [2.75, 3.05) is 33.8 Å². The van der Waals surface area contributed by atoms with E-state index in [-0.39, 0.29) is 12.5 Å². The van der Waals surface area contributed by atoms with Gasteiger partial charge in [0.25, 0.3) is 0 Å². The molecule has 6 nitrogen and oxygen atoms in total. The molecule has 0 saturated carbocycles. The Bertz CT molecular complexity index is 539. The lowest BCUT2D eigenvalue weighted by molar-refractivity contribution is -0.130. The van der Waals surface area contributed by atoms with Gasteiger partial charge in [0.05, 0.1) is 13.7 Å². The number of piperidine rings is 1. The largest absolute Gasteiger partial charge is 0.496 e. The maximum Gasteiger partial charge on any atom is 0.241 e. The van der Waals surface area contributed by atoms with Crippen LogP contribution in [0.4, 0.5) is 0 Å². The van der Waals surface area contributed by atoms with Crippen LogP contribution >= 0.6 is 0 Å². The van der Waals surface area contributed by atoms with Crippen molar-refractivity contribution in [2.45, 2.75) is 25.8 Å². The summed E-state index contributed by atoms with van der Waals surface area (Å²) in [7, 11) is 3.35. The second-order valence-corrected chi connectivity index (χ2v) is 5.53. The summed E-state index contributed by atoms with van der Waals surface area (Å²) in [6, 6.07) is 7.83. The number of carbonyl (C=O) groups is 1. The van der Waals surface area contributed by atoms with Gasteiger partial charge in [-0.3, -0.25) is 9.79 Å². The van der Waals surface area contributed by atoms with Gasteiger partial charge in [0.2, 0.25) is 5.91 Å². The fraction of sp³-hybridized carbons (Fsp3) is 0.529. The molecule has 1 saturated heterocycles. The standard InChI is InChI=1S/C17H26N4O2/c1-18-17(19-12-14-8-4-5-9-15(14)23-2)20-13-16(22)21-10-6-3-7-11-21/h4-5,8-9H,3,6-7,10-13H2,1-2H3,(H2,18,19,20). The van der Waals surface area contributed by atoms with E-state index in [0.29, 0.717) is 12.5 Å². The first kappa shape index (κ1) is 17.1. The molecule has 1 aromatic rings. The monoisotopic (exact) mass is 318 g/mol. The van der Waals surface area contributed by atoms with Crippen LogP contribution < -0.4 is 15.4 Å². The van der Waals surface area contributed by atoms with E-state index in [1.165, 1.54) is 6.42 Å². The van der Waals surface area contributed by atoms with Crippen molar-refractivity contribution in [1.29, 1.82) is 0 Å². The van der Waals surface area contributed by atoms with Crippen molar-refractivity contribution in [3.05, 3.63) is 29.8 Å². The normalized spacial score (nSPS) is 15.2. The van der Waals surface area contributed by atoms with E-state index >= 15 is 0 Å². The fourth-order valence-electron chi connectivity index (χ4n) is 2.66. The number of ether oxygens (including phenoxy) is 1. The van der Waals surface area contributed by atoms with Crippen LogP contribution in [0.3, 0.4) is 0 Å². The lowest BCUT2D eigenvalue weighted by atomic mass is 10.1. The van der Waals surface area contributed by atoms with Gasteiger partial charge in [-0.25, -0.2) is 0 Å². The van der Waals surface area contributed by atoms with E-state index in [9.17, 15) is 4.79 Å². The van der Waals surface area contributed by atoms with Crippen molar-refractivity contribution in [2.24, 2.45) is 4.99 Å². The Hall–Kier alpha value is -2.24. The molecule has 0 atom stereocenters. The van der Waals surface area contributed by atoms with E-state index in [0.717, 1.165) is 37.2 Å². The quantitative estimate of drug-likeness (QED) is 0.636. The Morgan fingerprint density at radius 1 is 1.22 bits per heavy atom. The average molecular weight is 318 g/mol. The molecule has 0 aromatic heterocycles. The average Bonchev–Trinajstić information content (AvgIpc) is 2.62. The van der Waals surface area contributed by atoms with Crippen LogP contribution in [-0.4, -0.2) is 50.6 Å². The van der Waals surface area contributed by atoms with Gasteiger partial charge >= 0.3 is 0 Å². The number of guanidine groups is 1. The highest BCUT2D eigenvalue weighted by molar-refractivity contribution is 5.86. The number of rotatable bonds is 5. The van der Waals surface area contributed by atoms with Crippen LogP contribution in [0, 0.1) is 0 Å². The molecule has 1 aliphatic heterocycles. The van der Waals surface area contributed by atoms with E-state index in [2.05, 4.69) is 15.6 Å². The highest BCUT2D eigenvalue weighted by atomic mass is 16.5. The third-order valence-electron chi connectivity index (χ3n) is 3.98. The molecule has 1 fully saturated rings. The third-order valence-corrected chi connectivity index (χ3v) is 3.98. The summed E-state index contributed by atoms with van der Waals surface area (Å²) in [6.45, 7) is 2.59. The maximum atomic E-state index is 12.2. The number of methoxy groups -OCH3 is 1. The van der Waals surface area contributed by atoms with E-state index in [4.69, 9.17) is 4.74 Å². The van der Waals surface area contributed by atoms with Crippen molar-refractivity contribution in [3.63, 3.8) is 0 Å². The van der Waals surface area contributed by atoms with Crippen LogP contribution in [0.25, 0.3) is 0 Å². The molecule has 2 rings (SSSR count). The molecule has 1 aromatic carbocycles. The topological polar surface area (TPSA) is 66.0 Å². The highest BCUT2D eigenvalue weighted by Gasteiger charge is 2.16. The summed E-state index contributed by atoms with van der Waals surface area (Å²) in [5.41, 5.74) is 1.04. The predicted octanol–water partition coefficient (Wildman–Crippen LogP) is 1.37. The molecule has 126 valence electrons. The summed E-state index contributed by atoms with van der Waals surface area (Å²) in [5, 5.41) is 6.29. The second kappa shape index (κ2) is 9.02. The lowest BCUT2D eigenvalue weighted by Crippen LogP contribution is -2.45. The molecular formula is C17H26N4O2. The number of aliphatic imine (C=N–C) groups is 1. The van der Waals surface area contributed by atoms with Gasteiger partial charge in [-0.15, -0.1) is 0 Å². The zero-order chi connectivity index (χ0) is 16.5. The smallest absolute Gasteiger partial charge is 0.241 e. The summed E-state index contributed by atoms with van der Waals surface area (Å²) in [4.78, 5) is 18.2. The Labute approximate surface area is 137 Å². The minimum atomic E-state index is 0.130. The SMILES string of the molecule is CN=C(NCC(=O)N1CCCCC1)NCc1ccccc1OC. The molecule has 0 aliphatic carbocycles. The number of hydrogen-bond donors (Lipinski definition) is 2. The minimum Gasteiger partial charge on any atom is -0.496 e. The molecule has 6 heteroatoms. The molecular weight excluding hydrogens is 292 g/mol. The summed E-state index contributed by atoms with van der Waals surface area (Å²) >= 11 is 0. The molecule has 1 heterocycles. The number of likely N-dealkylation sites (tertiary alicyclic amines) is 1. The molecule has 1 amide bonds. The molecule has 0 radical (unpaired) electrons. The minimum absolute atomic E-state index is 0.130. The van der Waals surface area contributed by atoms with Gasteiger partial charge < -0.3 is 20.3 Å². The highest BCUT2D eigenvalue weighted by Crippen LogP contribution is 2.16. The van der Waals surface area contributed by atoms with Crippen LogP contribution in [0.5, 0.6) is 5.75 Å². The number of benzene rings is 1. The zero-order valence-corrected chi connectivity index (χ0v) is 14.0. The van der Waals surface area contributed by atoms with Crippen molar-refractivity contribution < 1.29 is 9.53 Å². The van der Waals surface area contributed by atoms with Gasteiger partial charge in [0.15, 0.2) is 5.96 Å². The van der Waals surface area contributed by atoms with Crippen molar-refractivity contribution in [3.8, 4) is 5.75 Å². The number of hydrogen-bond acceptors (Lipinski definition) is 3. The van der Waals surface area contributed by atoms with Crippen molar-refractivity contribution >= 4 is 11.9 Å². The van der Waals surface area contributed by atoms with Crippen LogP contribution in [0.15, 0.2) is 29.3 Å². The zero-order valence-electron chi connectivity index (χ0n) is 14.0. The first-order valence-electron chi connectivity index (χ1n) is 8.08. The van der Waals surface area contributed by atoms with E-state index in [1.807, 2.05) is 29.2 Å². The van der Waals surface area contributed by atoms with Crippen LogP contribution in [0.2, 0.25) is 0 Å². The fourth-order valence-corrected chi connectivity index (χ4v) is 2.66. The maximum absolute atomic E-state index is 12.2. The molecule has 0 unspecified atom stereocenters. The van der Waals surface area contributed by atoms with Gasteiger partial charge in [-0.1, -0.05) is 18.2 Å². The van der Waals surface area contributed by atoms with E-state index in [1.54, 1.807) is 14.2 Å². The van der Waals surface area contributed by atoms with Gasteiger partial charge in [0, 0.05) is 32.2 Å². The molecule has 0 spiro atoms. The molecule has 23 heavy (non-hydrogen) atoms. The van der Waals surface area contributed by atoms with Gasteiger partial charge in [-0.2, -0.15) is 0 Å². The summed E-state index contributed by atoms with van der Waals surface area (Å²) < 4.78 is 5.33. The first-order chi connectivity index (χ1) is 11.2. The summed E-state index contributed by atoms with van der Waals surface area (Å²) in [6.07, 6.45) is 3.43. The number of para-hydroxylation sites is 1. The van der Waals surface area contributed by atoms with Gasteiger partial charge in [0.1, 0.15) is 5.75 Å².